The first-order valence-electron chi connectivity index (χ1n) is 11.3. The molecule has 1 aliphatic heterocycles. The van der Waals surface area contributed by atoms with Gasteiger partial charge < -0.3 is 14.4 Å². The van der Waals surface area contributed by atoms with E-state index in [4.69, 9.17) is 9.47 Å². The summed E-state index contributed by atoms with van der Waals surface area (Å²) in [5.74, 6) is -0.225. The SMILES string of the molecule is COc1ccc(C(=O)N(Cc2ccc(C)cc2)C2CC(=O)N(c3ccc(C)cc3)C2=O)cc1OC. The minimum Gasteiger partial charge on any atom is -0.493 e. The Morgan fingerprint density at radius 3 is 2.09 bits per heavy atom. The molecule has 180 valence electrons. The molecule has 7 heteroatoms. The van der Waals surface area contributed by atoms with E-state index in [1.807, 2.05) is 50.2 Å². The van der Waals surface area contributed by atoms with E-state index in [-0.39, 0.29) is 24.8 Å². The minimum atomic E-state index is -0.925. The van der Waals surface area contributed by atoms with Crippen LogP contribution in [0.25, 0.3) is 0 Å². The first-order chi connectivity index (χ1) is 16.8. The monoisotopic (exact) mass is 472 g/mol. The van der Waals surface area contributed by atoms with Crippen molar-refractivity contribution in [2.24, 2.45) is 0 Å². The highest BCUT2D eigenvalue weighted by Crippen LogP contribution is 2.31. The van der Waals surface area contributed by atoms with Crippen LogP contribution >= 0.6 is 0 Å². The van der Waals surface area contributed by atoms with Crippen LogP contribution in [0, 0.1) is 13.8 Å². The molecule has 3 amide bonds. The second-order valence-electron chi connectivity index (χ2n) is 8.61. The molecule has 1 unspecified atom stereocenters. The molecule has 35 heavy (non-hydrogen) atoms. The second kappa shape index (κ2) is 10.0. The normalized spacial score (nSPS) is 15.3. The van der Waals surface area contributed by atoms with Crippen LogP contribution in [0.1, 0.15) is 33.5 Å². The second-order valence-corrected chi connectivity index (χ2v) is 8.61. The first-order valence-corrected chi connectivity index (χ1v) is 11.3. The predicted molar refractivity (Wildman–Crippen MR) is 133 cm³/mol. The molecule has 4 rings (SSSR count). The number of ether oxygens (including phenoxy) is 2. The van der Waals surface area contributed by atoms with Gasteiger partial charge in [-0.3, -0.25) is 14.4 Å². The Kier molecular flexibility index (Phi) is 6.87. The Morgan fingerprint density at radius 2 is 1.49 bits per heavy atom. The van der Waals surface area contributed by atoms with Crippen molar-refractivity contribution in [3.63, 3.8) is 0 Å². The Labute approximate surface area is 204 Å². The number of hydrogen-bond donors (Lipinski definition) is 0. The van der Waals surface area contributed by atoms with Crippen LogP contribution in [0.5, 0.6) is 11.5 Å². The Bertz CT molecular complexity index is 1250. The van der Waals surface area contributed by atoms with Crippen molar-refractivity contribution in [1.29, 1.82) is 0 Å². The van der Waals surface area contributed by atoms with Crippen LogP contribution in [0.3, 0.4) is 0 Å². The van der Waals surface area contributed by atoms with Crippen LogP contribution in [-0.2, 0) is 16.1 Å². The summed E-state index contributed by atoms with van der Waals surface area (Å²) in [4.78, 5) is 42.9. The van der Waals surface area contributed by atoms with E-state index in [9.17, 15) is 14.4 Å². The standard InChI is InChI=1S/C28H28N2O5/c1-18-5-9-20(10-6-18)17-29(27(32)21-11-14-24(34-3)25(15-21)35-4)23-16-26(31)30(28(23)33)22-12-7-19(2)8-13-22/h5-15,23H,16-17H2,1-4H3. The van der Waals surface area contributed by atoms with Gasteiger partial charge in [0.2, 0.25) is 5.91 Å². The van der Waals surface area contributed by atoms with E-state index >= 15 is 0 Å². The number of benzene rings is 3. The summed E-state index contributed by atoms with van der Waals surface area (Å²) in [6, 6.07) is 18.9. The number of nitrogens with zero attached hydrogens (tertiary/aromatic N) is 2. The molecule has 7 nitrogen and oxygen atoms in total. The van der Waals surface area contributed by atoms with Crippen molar-refractivity contribution >= 4 is 23.4 Å². The maximum absolute atomic E-state index is 13.8. The van der Waals surface area contributed by atoms with Crippen molar-refractivity contribution in [3.05, 3.63) is 89.0 Å². The number of rotatable bonds is 7. The largest absolute Gasteiger partial charge is 0.493 e. The quantitative estimate of drug-likeness (QED) is 0.480. The van der Waals surface area contributed by atoms with Crippen molar-refractivity contribution < 1.29 is 23.9 Å². The van der Waals surface area contributed by atoms with Crippen LogP contribution in [0.2, 0.25) is 0 Å². The van der Waals surface area contributed by atoms with Crippen LogP contribution < -0.4 is 14.4 Å². The topological polar surface area (TPSA) is 76.2 Å². The number of imide groups is 1. The van der Waals surface area contributed by atoms with Gasteiger partial charge in [-0.1, -0.05) is 47.5 Å². The molecule has 0 radical (unpaired) electrons. The highest BCUT2D eigenvalue weighted by atomic mass is 16.5. The zero-order valence-electron chi connectivity index (χ0n) is 20.3. The van der Waals surface area contributed by atoms with Gasteiger partial charge in [0.1, 0.15) is 6.04 Å². The smallest absolute Gasteiger partial charge is 0.257 e. The molecule has 3 aromatic rings. The molecule has 0 spiro atoms. The summed E-state index contributed by atoms with van der Waals surface area (Å²) in [6.45, 7) is 4.10. The molecule has 3 aromatic carbocycles. The molecule has 1 atom stereocenters. The summed E-state index contributed by atoms with van der Waals surface area (Å²) in [7, 11) is 3.01. The highest BCUT2D eigenvalue weighted by molar-refractivity contribution is 6.23. The molecule has 1 aliphatic rings. The lowest BCUT2D eigenvalue weighted by molar-refractivity contribution is -0.122. The summed E-state index contributed by atoms with van der Waals surface area (Å²) in [6.07, 6.45) is -0.0857. The van der Waals surface area contributed by atoms with Crippen LogP contribution in [-0.4, -0.2) is 42.9 Å². The molecule has 0 aromatic heterocycles. The molecule has 1 saturated heterocycles. The lowest BCUT2D eigenvalue weighted by Gasteiger charge is -2.28. The molecule has 0 saturated carbocycles. The lowest BCUT2D eigenvalue weighted by Crippen LogP contribution is -2.45. The Morgan fingerprint density at radius 1 is 0.886 bits per heavy atom. The van der Waals surface area contributed by atoms with Gasteiger partial charge in [0.25, 0.3) is 11.8 Å². The van der Waals surface area contributed by atoms with E-state index in [0.717, 1.165) is 16.7 Å². The predicted octanol–water partition coefficient (Wildman–Crippen LogP) is 4.30. The van der Waals surface area contributed by atoms with E-state index in [0.29, 0.717) is 22.7 Å². The van der Waals surface area contributed by atoms with Gasteiger partial charge in [0.15, 0.2) is 11.5 Å². The van der Waals surface area contributed by atoms with E-state index < -0.39 is 11.9 Å². The Balaban J connectivity index is 1.71. The minimum absolute atomic E-state index is 0.0857. The number of aryl methyl sites for hydroxylation is 2. The number of methoxy groups -OCH3 is 2. The summed E-state index contributed by atoms with van der Waals surface area (Å²) in [5.41, 5.74) is 3.81. The number of carbonyl (C=O) groups is 3. The maximum atomic E-state index is 13.8. The zero-order valence-corrected chi connectivity index (χ0v) is 20.3. The molecule has 0 bridgehead atoms. The molecule has 0 N–H and O–H groups in total. The number of anilines is 1. The van der Waals surface area contributed by atoms with Crippen LogP contribution in [0.15, 0.2) is 66.7 Å². The van der Waals surface area contributed by atoms with Gasteiger partial charge in [0.05, 0.1) is 26.3 Å². The number of hydrogen-bond acceptors (Lipinski definition) is 5. The summed E-state index contributed by atoms with van der Waals surface area (Å²) >= 11 is 0. The number of carbonyl (C=O) groups excluding carboxylic acids is 3. The van der Waals surface area contributed by atoms with Gasteiger partial charge in [-0.25, -0.2) is 4.90 Å². The fraction of sp³-hybridized carbons (Fsp3) is 0.250. The molecule has 0 aliphatic carbocycles. The third-order valence-electron chi connectivity index (χ3n) is 6.16. The third-order valence-corrected chi connectivity index (χ3v) is 6.16. The Hall–Kier alpha value is -4.13. The fourth-order valence-electron chi connectivity index (χ4n) is 4.17. The van der Waals surface area contributed by atoms with Crippen molar-refractivity contribution in [3.8, 4) is 11.5 Å². The summed E-state index contributed by atoms with van der Waals surface area (Å²) < 4.78 is 10.6. The van der Waals surface area contributed by atoms with Gasteiger partial charge in [0, 0.05) is 12.1 Å². The van der Waals surface area contributed by atoms with Gasteiger partial charge in [-0.05, 0) is 49.7 Å². The maximum Gasteiger partial charge on any atom is 0.257 e. The lowest BCUT2D eigenvalue weighted by atomic mass is 10.1. The highest BCUT2D eigenvalue weighted by Gasteiger charge is 2.44. The van der Waals surface area contributed by atoms with E-state index in [1.54, 1.807) is 30.3 Å². The number of amides is 3. The fourth-order valence-corrected chi connectivity index (χ4v) is 4.17. The van der Waals surface area contributed by atoms with Gasteiger partial charge >= 0.3 is 0 Å². The summed E-state index contributed by atoms with van der Waals surface area (Å²) in [5, 5.41) is 0. The van der Waals surface area contributed by atoms with Crippen molar-refractivity contribution in [1.82, 2.24) is 4.90 Å². The average molecular weight is 473 g/mol. The average Bonchev–Trinajstić information content (AvgIpc) is 3.16. The zero-order chi connectivity index (χ0) is 25.1. The van der Waals surface area contributed by atoms with Gasteiger partial charge in [-0.2, -0.15) is 0 Å². The van der Waals surface area contributed by atoms with E-state index in [2.05, 4.69) is 0 Å². The van der Waals surface area contributed by atoms with Crippen molar-refractivity contribution in [2.75, 3.05) is 19.1 Å². The first kappa shape index (κ1) is 24.0. The molecule has 1 fully saturated rings. The van der Waals surface area contributed by atoms with Crippen LogP contribution in [0.4, 0.5) is 5.69 Å². The molecular formula is C28H28N2O5. The third kappa shape index (κ3) is 4.89. The molecular weight excluding hydrogens is 444 g/mol. The van der Waals surface area contributed by atoms with E-state index in [1.165, 1.54) is 24.0 Å². The van der Waals surface area contributed by atoms with Gasteiger partial charge in [-0.15, -0.1) is 0 Å². The van der Waals surface area contributed by atoms with Crippen molar-refractivity contribution in [2.45, 2.75) is 32.9 Å². The molecule has 1 heterocycles.